The van der Waals surface area contributed by atoms with Crippen LogP contribution in [0.2, 0.25) is 0 Å². The molecule has 1 N–H and O–H groups in total. The molecule has 0 bridgehead atoms. The van der Waals surface area contributed by atoms with E-state index in [1.54, 1.807) is 30.3 Å². The van der Waals surface area contributed by atoms with E-state index in [4.69, 9.17) is 10.00 Å². The first-order valence-corrected chi connectivity index (χ1v) is 6.03. The molecule has 0 aliphatic heterocycles. The minimum atomic E-state index is -0.406. The monoisotopic (exact) mass is 268 g/mol. The maximum Gasteiger partial charge on any atom is 0.146 e. The van der Waals surface area contributed by atoms with Crippen molar-refractivity contribution < 1.29 is 9.13 Å². The molecule has 2 rings (SSSR count). The number of hydrogen-bond acceptors (Lipinski definition) is 3. The highest BCUT2D eigenvalue weighted by molar-refractivity contribution is 5.62. The van der Waals surface area contributed by atoms with E-state index >= 15 is 0 Å². The average Bonchev–Trinajstić information content (AvgIpc) is 2.49. The van der Waals surface area contributed by atoms with E-state index in [1.165, 1.54) is 18.2 Å². The predicted octanol–water partition coefficient (Wildman–Crippen LogP) is 4.01. The number of hydrogen-bond donors (Lipinski definition) is 1. The van der Waals surface area contributed by atoms with Gasteiger partial charge in [0, 0.05) is 5.69 Å². The van der Waals surface area contributed by atoms with E-state index in [9.17, 15) is 4.39 Å². The molecule has 20 heavy (non-hydrogen) atoms. The van der Waals surface area contributed by atoms with Crippen molar-refractivity contribution in [2.75, 3.05) is 11.9 Å². The Balaban J connectivity index is 2.14. The molecule has 0 spiro atoms. The number of rotatable bonds is 5. The lowest BCUT2D eigenvalue weighted by atomic mass is 10.2. The largest absolute Gasteiger partial charge is 0.490 e. The Morgan fingerprint density at radius 1 is 1.25 bits per heavy atom. The van der Waals surface area contributed by atoms with E-state index in [0.717, 1.165) is 0 Å². The van der Waals surface area contributed by atoms with E-state index in [-0.39, 0.29) is 5.69 Å². The second-order valence-corrected chi connectivity index (χ2v) is 4.06. The molecular weight excluding hydrogens is 255 g/mol. The fourth-order valence-corrected chi connectivity index (χ4v) is 1.64. The number of benzene rings is 2. The summed E-state index contributed by atoms with van der Waals surface area (Å²) in [6.07, 6.45) is 1.66. The summed E-state index contributed by atoms with van der Waals surface area (Å²) in [7, 11) is 0. The lowest BCUT2D eigenvalue weighted by molar-refractivity contribution is 0.363. The molecule has 0 amide bonds. The van der Waals surface area contributed by atoms with Gasteiger partial charge < -0.3 is 10.1 Å². The zero-order valence-corrected chi connectivity index (χ0v) is 10.8. The third-order valence-electron chi connectivity index (χ3n) is 2.60. The van der Waals surface area contributed by atoms with Crippen LogP contribution in [0.15, 0.2) is 55.1 Å². The molecule has 0 heterocycles. The Morgan fingerprint density at radius 2 is 2.00 bits per heavy atom. The van der Waals surface area contributed by atoms with Crippen molar-refractivity contribution in [3.8, 4) is 11.8 Å². The number of halogens is 1. The number of nitrogens with one attached hydrogen (secondary N) is 1. The van der Waals surface area contributed by atoms with Crippen molar-refractivity contribution in [1.29, 1.82) is 5.26 Å². The molecule has 0 aromatic heterocycles. The summed E-state index contributed by atoms with van der Waals surface area (Å²) < 4.78 is 19.0. The Kier molecular flexibility index (Phi) is 4.35. The summed E-state index contributed by atoms with van der Waals surface area (Å²) in [6.45, 7) is 4.01. The summed E-state index contributed by atoms with van der Waals surface area (Å²) in [5.41, 5.74) is 1.38. The molecule has 0 fully saturated rings. The van der Waals surface area contributed by atoms with Crippen LogP contribution >= 0.6 is 0 Å². The molecule has 2 aromatic rings. The van der Waals surface area contributed by atoms with Gasteiger partial charge in [-0.25, -0.2) is 4.39 Å². The maximum absolute atomic E-state index is 13.6. The van der Waals surface area contributed by atoms with Crippen LogP contribution in [-0.4, -0.2) is 6.61 Å². The van der Waals surface area contributed by atoms with Crippen molar-refractivity contribution in [3.05, 3.63) is 66.5 Å². The Morgan fingerprint density at radius 3 is 2.65 bits per heavy atom. The Labute approximate surface area is 116 Å². The topological polar surface area (TPSA) is 45.0 Å². The molecule has 0 saturated carbocycles. The lowest BCUT2D eigenvalue weighted by Gasteiger charge is -2.09. The summed E-state index contributed by atoms with van der Waals surface area (Å²) in [5, 5.41) is 11.7. The van der Waals surface area contributed by atoms with Gasteiger partial charge in [-0.2, -0.15) is 5.26 Å². The van der Waals surface area contributed by atoms with Gasteiger partial charge in [-0.05, 0) is 42.5 Å². The smallest absolute Gasteiger partial charge is 0.146 e. The second-order valence-electron chi connectivity index (χ2n) is 4.06. The normalized spacial score (nSPS) is 9.60. The zero-order valence-electron chi connectivity index (χ0n) is 10.8. The van der Waals surface area contributed by atoms with E-state index < -0.39 is 5.82 Å². The minimum absolute atomic E-state index is 0.267. The number of anilines is 2. The molecule has 0 radical (unpaired) electrons. The van der Waals surface area contributed by atoms with Gasteiger partial charge in [-0.3, -0.25) is 0 Å². The van der Waals surface area contributed by atoms with Crippen LogP contribution in [0.1, 0.15) is 5.56 Å². The van der Waals surface area contributed by atoms with Crippen molar-refractivity contribution in [2.24, 2.45) is 0 Å². The molecule has 0 atom stereocenters. The molecule has 4 heteroatoms. The van der Waals surface area contributed by atoms with Gasteiger partial charge in [-0.15, -0.1) is 0 Å². The van der Waals surface area contributed by atoms with E-state index in [1.807, 2.05) is 6.07 Å². The van der Waals surface area contributed by atoms with Crippen LogP contribution in [0.25, 0.3) is 0 Å². The first-order chi connectivity index (χ1) is 9.72. The fraction of sp³-hybridized carbons (Fsp3) is 0.0625. The zero-order chi connectivity index (χ0) is 14.4. The predicted molar refractivity (Wildman–Crippen MR) is 76.5 cm³/mol. The summed E-state index contributed by atoms with van der Waals surface area (Å²) in [6, 6.07) is 13.3. The third kappa shape index (κ3) is 3.36. The molecule has 2 aromatic carbocycles. The van der Waals surface area contributed by atoms with Crippen molar-refractivity contribution in [1.82, 2.24) is 0 Å². The highest BCUT2D eigenvalue weighted by Gasteiger charge is 2.04. The van der Waals surface area contributed by atoms with Gasteiger partial charge in [0.25, 0.3) is 0 Å². The first kappa shape index (κ1) is 13.6. The van der Waals surface area contributed by atoms with Crippen molar-refractivity contribution in [3.63, 3.8) is 0 Å². The summed E-state index contributed by atoms with van der Waals surface area (Å²) in [4.78, 5) is 0. The van der Waals surface area contributed by atoms with Crippen LogP contribution in [0.3, 0.4) is 0 Å². The molecule has 0 aliphatic carbocycles. The number of ether oxygens (including phenoxy) is 1. The van der Waals surface area contributed by atoms with E-state index in [2.05, 4.69) is 11.9 Å². The molecule has 0 aliphatic rings. The van der Waals surface area contributed by atoms with Gasteiger partial charge in [0.15, 0.2) is 0 Å². The van der Waals surface area contributed by atoms with E-state index in [0.29, 0.717) is 23.6 Å². The molecule has 3 nitrogen and oxygen atoms in total. The number of nitriles is 1. The standard InChI is InChI=1S/C16H13FN2O/c1-2-9-20-14-6-4-13(5-7-14)19-16-10-12(11-18)3-8-15(16)17/h2-8,10,19H,1,9H2. The van der Waals surface area contributed by atoms with Crippen LogP contribution < -0.4 is 10.1 Å². The van der Waals surface area contributed by atoms with Gasteiger partial charge in [0.05, 0.1) is 17.3 Å². The number of nitrogens with zero attached hydrogens (tertiary/aromatic N) is 1. The van der Waals surface area contributed by atoms with Crippen LogP contribution in [-0.2, 0) is 0 Å². The first-order valence-electron chi connectivity index (χ1n) is 6.03. The lowest BCUT2D eigenvalue weighted by Crippen LogP contribution is -1.96. The van der Waals surface area contributed by atoms with Crippen LogP contribution in [0.5, 0.6) is 5.75 Å². The quantitative estimate of drug-likeness (QED) is 0.833. The highest BCUT2D eigenvalue weighted by Crippen LogP contribution is 2.23. The van der Waals surface area contributed by atoms with Crippen LogP contribution in [0, 0.1) is 17.1 Å². The van der Waals surface area contributed by atoms with Gasteiger partial charge in [-0.1, -0.05) is 12.7 Å². The van der Waals surface area contributed by atoms with Crippen molar-refractivity contribution >= 4 is 11.4 Å². The average molecular weight is 268 g/mol. The Bertz CT molecular complexity index is 645. The van der Waals surface area contributed by atoms with Crippen molar-refractivity contribution in [2.45, 2.75) is 0 Å². The fourth-order valence-electron chi connectivity index (χ4n) is 1.64. The Hall–Kier alpha value is -2.80. The summed E-state index contributed by atoms with van der Waals surface area (Å²) in [5.74, 6) is 0.303. The molecular formula is C16H13FN2O. The summed E-state index contributed by atoms with van der Waals surface area (Å²) >= 11 is 0. The van der Waals surface area contributed by atoms with Gasteiger partial charge in [0.2, 0.25) is 0 Å². The molecule has 100 valence electrons. The van der Waals surface area contributed by atoms with Crippen LogP contribution in [0.4, 0.5) is 15.8 Å². The molecule has 0 saturated heterocycles. The minimum Gasteiger partial charge on any atom is -0.490 e. The second kappa shape index (κ2) is 6.39. The third-order valence-corrected chi connectivity index (χ3v) is 2.60. The van der Waals surface area contributed by atoms with Gasteiger partial charge >= 0.3 is 0 Å². The maximum atomic E-state index is 13.6. The SMILES string of the molecule is C=CCOc1ccc(Nc2cc(C#N)ccc2F)cc1. The molecule has 0 unspecified atom stereocenters. The highest BCUT2D eigenvalue weighted by atomic mass is 19.1. The van der Waals surface area contributed by atoms with Gasteiger partial charge in [0.1, 0.15) is 18.2 Å².